The Hall–Kier alpha value is -2.63. The second-order valence-corrected chi connectivity index (χ2v) is 9.21. The molecule has 37 heavy (non-hydrogen) atoms. The summed E-state index contributed by atoms with van der Waals surface area (Å²) >= 11 is 0. The van der Waals surface area contributed by atoms with Crippen LogP contribution in [0.25, 0.3) is 0 Å². The minimum absolute atomic E-state index is 0.0215. The Bertz CT molecular complexity index is 1050. The highest BCUT2D eigenvalue weighted by atomic mass is 19.4. The maximum atomic E-state index is 13.4. The molecule has 5 nitrogen and oxygen atoms in total. The SMILES string of the molecule is Cc1ccc(C[C@@H]2CN(CCOCCO)CCN2C(=O)c2cc(C(F)(F)F)cc(C(F)(F)F)c2)cc1C. The monoisotopic (exact) mass is 532 g/mol. The standard InChI is InChI=1S/C26H30F6N2O3/c1-17-3-4-19(11-18(17)2)12-23-16-33(7-9-37-10-8-35)5-6-34(23)24(36)20-13-21(25(27,28)29)15-22(14-20)26(30,31)32/h3-4,11,13-15,23,35H,5-10,12,16H2,1-2H3/t23-/m1/s1. The summed E-state index contributed by atoms with van der Waals surface area (Å²) in [6.07, 6.45) is -9.70. The molecule has 1 aliphatic rings. The quantitative estimate of drug-likeness (QED) is 0.395. The number of rotatable bonds is 8. The van der Waals surface area contributed by atoms with Crippen molar-refractivity contribution in [3.8, 4) is 0 Å². The highest BCUT2D eigenvalue weighted by molar-refractivity contribution is 5.95. The third-order valence-corrected chi connectivity index (χ3v) is 6.49. The van der Waals surface area contributed by atoms with Gasteiger partial charge < -0.3 is 14.7 Å². The minimum Gasteiger partial charge on any atom is -0.394 e. The lowest BCUT2D eigenvalue weighted by atomic mass is 9.97. The topological polar surface area (TPSA) is 53.0 Å². The predicted octanol–water partition coefficient (Wildman–Crippen LogP) is 4.72. The van der Waals surface area contributed by atoms with E-state index in [0.29, 0.717) is 44.8 Å². The molecule has 0 spiro atoms. The van der Waals surface area contributed by atoms with Crippen LogP contribution in [0.4, 0.5) is 26.3 Å². The molecule has 204 valence electrons. The molecular formula is C26H30F6N2O3. The normalized spacial score (nSPS) is 17.3. The number of aryl methyl sites for hydroxylation is 2. The van der Waals surface area contributed by atoms with E-state index in [2.05, 4.69) is 0 Å². The smallest absolute Gasteiger partial charge is 0.394 e. The van der Waals surface area contributed by atoms with Crippen LogP contribution in [0.5, 0.6) is 0 Å². The molecule has 1 atom stereocenters. The van der Waals surface area contributed by atoms with Gasteiger partial charge in [0.1, 0.15) is 0 Å². The van der Waals surface area contributed by atoms with Crippen molar-refractivity contribution in [2.45, 2.75) is 38.7 Å². The lowest BCUT2D eigenvalue weighted by Gasteiger charge is -2.42. The summed E-state index contributed by atoms with van der Waals surface area (Å²) in [5.74, 6) is -0.874. The average Bonchev–Trinajstić information content (AvgIpc) is 2.82. The molecule has 3 rings (SSSR count). The van der Waals surface area contributed by atoms with Gasteiger partial charge in [0.15, 0.2) is 0 Å². The summed E-state index contributed by atoms with van der Waals surface area (Å²) in [7, 11) is 0. The number of hydrogen-bond acceptors (Lipinski definition) is 4. The van der Waals surface area contributed by atoms with E-state index in [9.17, 15) is 31.1 Å². The van der Waals surface area contributed by atoms with Crippen molar-refractivity contribution in [3.05, 3.63) is 69.8 Å². The van der Waals surface area contributed by atoms with Gasteiger partial charge in [-0.2, -0.15) is 26.3 Å². The van der Waals surface area contributed by atoms with Crippen molar-refractivity contribution < 1.29 is 41.0 Å². The van der Waals surface area contributed by atoms with Crippen LogP contribution in [-0.2, 0) is 23.5 Å². The zero-order valence-corrected chi connectivity index (χ0v) is 20.6. The van der Waals surface area contributed by atoms with Gasteiger partial charge in [-0.05, 0) is 55.2 Å². The Balaban J connectivity index is 1.91. The number of benzene rings is 2. The first kappa shape index (κ1) is 28.9. The van der Waals surface area contributed by atoms with Crippen LogP contribution < -0.4 is 0 Å². The number of piperazine rings is 1. The fraction of sp³-hybridized carbons (Fsp3) is 0.500. The molecular weight excluding hydrogens is 502 g/mol. The number of alkyl halides is 6. The fourth-order valence-electron chi connectivity index (χ4n) is 4.37. The molecule has 0 unspecified atom stereocenters. The van der Waals surface area contributed by atoms with E-state index in [1.807, 2.05) is 36.9 Å². The van der Waals surface area contributed by atoms with E-state index in [-0.39, 0.29) is 25.8 Å². The Kier molecular flexibility index (Phi) is 9.25. The molecule has 2 aromatic carbocycles. The van der Waals surface area contributed by atoms with E-state index < -0.39 is 41.0 Å². The number of carbonyl (C=O) groups is 1. The van der Waals surface area contributed by atoms with Gasteiger partial charge in [-0.1, -0.05) is 18.2 Å². The summed E-state index contributed by atoms with van der Waals surface area (Å²) in [5.41, 5.74) is -0.664. The van der Waals surface area contributed by atoms with E-state index in [0.717, 1.165) is 16.7 Å². The number of aliphatic hydroxyl groups excluding tert-OH is 1. The van der Waals surface area contributed by atoms with Crippen LogP contribution >= 0.6 is 0 Å². The number of amides is 1. The van der Waals surface area contributed by atoms with Crippen molar-refractivity contribution in [2.24, 2.45) is 0 Å². The number of ether oxygens (including phenoxy) is 1. The molecule has 0 aromatic heterocycles. The second-order valence-electron chi connectivity index (χ2n) is 9.21. The molecule has 1 saturated heterocycles. The Labute approximate surface area is 211 Å². The summed E-state index contributed by atoms with van der Waals surface area (Å²) in [5, 5.41) is 8.87. The maximum absolute atomic E-state index is 13.4. The summed E-state index contributed by atoms with van der Waals surface area (Å²) in [6.45, 7) is 5.68. The van der Waals surface area contributed by atoms with Gasteiger partial charge in [-0.3, -0.25) is 9.69 Å². The number of carbonyl (C=O) groups excluding carboxylic acids is 1. The molecule has 0 aliphatic carbocycles. The van der Waals surface area contributed by atoms with Gasteiger partial charge in [-0.25, -0.2) is 0 Å². The Morgan fingerprint density at radius 1 is 0.946 bits per heavy atom. The van der Waals surface area contributed by atoms with Crippen molar-refractivity contribution in [3.63, 3.8) is 0 Å². The first-order valence-electron chi connectivity index (χ1n) is 11.9. The first-order chi connectivity index (χ1) is 17.3. The average molecular weight is 533 g/mol. The highest BCUT2D eigenvalue weighted by Crippen LogP contribution is 2.37. The lowest BCUT2D eigenvalue weighted by Crippen LogP contribution is -2.56. The Morgan fingerprint density at radius 3 is 2.16 bits per heavy atom. The number of halogens is 6. The van der Waals surface area contributed by atoms with E-state index in [1.165, 1.54) is 4.90 Å². The van der Waals surface area contributed by atoms with E-state index in [4.69, 9.17) is 9.84 Å². The van der Waals surface area contributed by atoms with Crippen LogP contribution in [0.2, 0.25) is 0 Å². The number of nitrogens with zero attached hydrogens (tertiary/aromatic N) is 2. The minimum atomic E-state index is -5.04. The third-order valence-electron chi connectivity index (χ3n) is 6.49. The maximum Gasteiger partial charge on any atom is 0.416 e. The van der Waals surface area contributed by atoms with Gasteiger partial charge >= 0.3 is 12.4 Å². The van der Waals surface area contributed by atoms with Crippen LogP contribution in [0.3, 0.4) is 0 Å². The molecule has 0 radical (unpaired) electrons. The van der Waals surface area contributed by atoms with E-state index >= 15 is 0 Å². The summed E-state index contributed by atoms with van der Waals surface area (Å²) < 4.78 is 85.6. The first-order valence-corrected chi connectivity index (χ1v) is 11.9. The predicted molar refractivity (Wildman–Crippen MR) is 125 cm³/mol. The fourth-order valence-corrected chi connectivity index (χ4v) is 4.37. The van der Waals surface area contributed by atoms with Gasteiger partial charge in [-0.15, -0.1) is 0 Å². The number of aliphatic hydroxyl groups is 1. The molecule has 11 heteroatoms. The zero-order chi connectivity index (χ0) is 27.4. The molecule has 1 N–H and O–H groups in total. The molecule has 0 bridgehead atoms. The van der Waals surface area contributed by atoms with Crippen LogP contribution in [-0.4, -0.2) is 72.9 Å². The van der Waals surface area contributed by atoms with Gasteiger partial charge in [0.25, 0.3) is 5.91 Å². The number of hydrogen-bond donors (Lipinski definition) is 1. The van der Waals surface area contributed by atoms with Crippen molar-refractivity contribution in [1.29, 1.82) is 0 Å². The van der Waals surface area contributed by atoms with Gasteiger partial charge in [0.05, 0.1) is 30.9 Å². The molecule has 1 heterocycles. The molecule has 1 amide bonds. The molecule has 1 fully saturated rings. The molecule has 0 saturated carbocycles. The van der Waals surface area contributed by atoms with Gasteiger partial charge in [0, 0.05) is 37.8 Å². The molecule has 2 aromatic rings. The largest absolute Gasteiger partial charge is 0.416 e. The summed E-state index contributed by atoms with van der Waals surface area (Å²) in [4.78, 5) is 16.8. The third kappa shape index (κ3) is 7.68. The van der Waals surface area contributed by atoms with E-state index in [1.54, 1.807) is 0 Å². The second kappa shape index (κ2) is 11.8. The van der Waals surface area contributed by atoms with Crippen molar-refractivity contribution in [1.82, 2.24) is 9.80 Å². The lowest BCUT2D eigenvalue weighted by molar-refractivity contribution is -0.143. The zero-order valence-electron chi connectivity index (χ0n) is 20.6. The molecule has 1 aliphatic heterocycles. The van der Waals surface area contributed by atoms with Crippen molar-refractivity contribution >= 4 is 5.91 Å². The van der Waals surface area contributed by atoms with Gasteiger partial charge in [0.2, 0.25) is 0 Å². The van der Waals surface area contributed by atoms with Crippen LogP contribution in [0.1, 0.15) is 38.2 Å². The highest BCUT2D eigenvalue weighted by Gasteiger charge is 2.39. The Morgan fingerprint density at radius 2 is 1.59 bits per heavy atom. The van der Waals surface area contributed by atoms with Crippen molar-refractivity contribution in [2.75, 3.05) is 46.0 Å². The van der Waals surface area contributed by atoms with Crippen LogP contribution in [0.15, 0.2) is 36.4 Å². The van der Waals surface area contributed by atoms with Crippen LogP contribution in [0, 0.1) is 13.8 Å². The summed E-state index contributed by atoms with van der Waals surface area (Å²) in [6, 6.07) is 6.31.